The fraction of sp³-hybridized carbons (Fsp3) is 0.741. The van der Waals surface area contributed by atoms with Crippen molar-refractivity contribution in [2.75, 3.05) is 100 Å². The van der Waals surface area contributed by atoms with Crippen LogP contribution in [0.4, 0.5) is 0 Å². The first-order valence-corrected chi connectivity index (χ1v) is 14.5. The third kappa shape index (κ3) is 16.5. The van der Waals surface area contributed by atoms with Crippen LogP contribution in [0.3, 0.4) is 0 Å². The topological polar surface area (TPSA) is 211 Å². The van der Waals surface area contributed by atoms with E-state index in [1.54, 1.807) is 14.2 Å². The average Bonchev–Trinajstić information content (AvgIpc) is 3.04. The Morgan fingerprint density at radius 2 is 0.870 bits per heavy atom. The van der Waals surface area contributed by atoms with Gasteiger partial charge in [0, 0.05) is 33.9 Å². The summed E-state index contributed by atoms with van der Waals surface area (Å²) in [6, 6.07) is 0. The van der Waals surface area contributed by atoms with Gasteiger partial charge in [-0.25, -0.2) is 28.1 Å². The molecule has 0 N–H and O–H groups in total. The van der Waals surface area contributed by atoms with Gasteiger partial charge in [-0.05, 0) is 0 Å². The molecule has 1 aromatic rings. The quantitative estimate of drug-likeness (QED) is 0.0475. The fourth-order valence-corrected chi connectivity index (χ4v) is 3.51. The van der Waals surface area contributed by atoms with Crippen molar-refractivity contribution in [3.05, 3.63) is 31.5 Å². The normalized spacial score (nSPS) is 10.9. The van der Waals surface area contributed by atoms with Crippen LogP contribution < -0.4 is 17.1 Å². The van der Waals surface area contributed by atoms with Crippen LogP contribution in [-0.4, -0.2) is 143 Å². The summed E-state index contributed by atoms with van der Waals surface area (Å²) >= 11 is 0. The standard InChI is InChI=1S/C27H44N4O15/c1-39-9-11-41-13-15-43-17-19-45-23(34)3-5-29-25(36)30(27(38)31(26(29)37)8-7-28(21-32)22-33)6-4-24(35)46-20-18-44-16-14-42-12-10-40-2/h21-22H,3-20H2,1-2H3. The van der Waals surface area contributed by atoms with Crippen LogP contribution >= 0.6 is 0 Å². The summed E-state index contributed by atoms with van der Waals surface area (Å²) in [5.74, 6) is -1.48. The van der Waals surface area contributed by atoms with Crippen LogP contribution in [0.2, 0.25) is 0 Å². The molecule has 0 radical (unpaired) electrons. The fourth-order valence-electron chi connectivity index (χ4n) is 3.51. The zero-order valence-electron chi connectivity index (χ0n) is 26.3. The maximum atomic E-state index is 13.1. The summed E-state index contributed by atoms with van der Waals surface area (Å²) in [7, 11) is 3.11. The van der Waals surface area contributed by atoms with E-state index >= 15 is 0 Å². The molecule has 2 amide bonds. The molecule has 19 heteroatoms. The maximum Gasteiger partial charge on any atom is 0.336 e. The van der Waals surface area contributed by atoms with Crippen molar-refractivity contribution in [2.24, 2.45) is 0 Å². The summed E-state index contributed by atoms with van der Waals surface area (Å²) in [6.45, 7) is 1.27. The van der Waals surface area contributed by atoms with Gasteiger partial charge in [-0.15, -0.1) is 0 Å². The van der Waals surface area contributed by atoms with Crippen LogP contribution in [0.1, 0.15) is 12.8 Å². The van der Waals surface area contributed by atoms with Crippen LogP contribution in [0.15, 0.2) is 14.4 Å². The predicted octanol–water partition coefficient (Wildman–Crippen LogP) is -2.99. The van der Waals surface area contributed by atoms with Gasteiger partial charge in [0.1, 0.15) is 13.2 Å². The maximum absolute atomic E-state index is 13.1. The third-order valence-electron chi connectivity index (χ3n) is 5.91. The third-order valence-corrected chi connectivity index (χ3v) is 5.91. The van der Waals surface area contributed by atoms with Crippen molar-refractivity contribution in [3.8, 4) is 0 Å². The summed E-state index contributed by atoms with van der Waals surface area (Å²) in [4.78, 5) is 86.3. The Kier molecular flexibility index (Phi) is 22.3. The second-order valence-corrected chi connectivity index (χ2v) is 9.13. The molecule has 1 rings (SSSR count). The lowest BCUT2D eigenvalue weighted by molar-refractivity contribution is -0.146. The number of hydrogen-bond donors (Lipinski definition) is 0. The molecule has 262 valence electrons. The Hall–Kier alpha value is -3.75. The predicted molar refractivity (Wildman–Crippen MR) is 156 cm³/mol. The summed E-state index contributed by atoms with van der Waals surface area (Å²) in [6.07, 6.45) is -0.395. The molecule has 0 unspecified atom stereocenters. The highest BCUT2D eigenvalue weighted by Crippen LogP contribution is 1.93. The Morgan fingerprint density at radius 1 is 0.543 bits per heavy atom. The monoisotopic (exact) mass is 664 g/mol. The van der Waals surface area contributed by atoms with Gasteiger partial charge in [0.05, 0.1) is 85.5 Å². The number of ether oxygens (including phenoxy) is 8. The van der Waals surface area contributed by atoms with Crippen molar-refractivity contribution >= 4 is 24.8 Å². The van der Waals surface area contributed by atoms with E-state index in [2.05, 4.69) is 0 Å². The molecule has 0 atom stereocenters. The van der Waals surface area contributed by atoms with E-state index < -0.39 is 61.5 Å². The molecule has 0 saturated carbocycles. The van der Waals surface area contributed by atoms with Crippen molar-refractivity contribution in [1.29, 1.82) is 0 Å². The number of esters is 2. The van der Waals surface area contributed by atoms with E-state index in [0.717, 1.165) is 0 Å². The number of amides is 2. The molecule has 0 aliphatic rings. The Bertz CT molecular complexity index is 1130. The lowest BCUT2D eigenvalue weighted by Crippen LogP contribution is -2.55. The molecule has 0 spiro atoms. The molecule has 19 nitrogen and oxygen atoms in total. The number of nitrogens with zero attached hydrogens (tertiary/aromatic N) is 4. The van der Waals surface area contributed by atoms with Gasteiger partial charge >= 0.3 is 29.0 Å². The van der Waals surface area contributed by atoms with Gasteiger partial charge < -0.3 is 37.9 Å². The number of carbonyl (C=O) groups is 4. The van der Waals surface area contributed by atoms with E-state index in [-0.39, 0.29) is 59.0 Å². The van der Waals surface area contributed by atoms with Gasteiger partial charge in [-0.2, -0.15) is 0 Å². The zero-order valence-corrected chi connectivity index (χ0v) is 26.3. The number of imide groups is 1. The van der Waals surface area contributed by atoms with E-state index in [9.17, 15) is 33.6 Å². The second-order valence-electron chi connectivity index (χ2n) is 9.13. The molecule has 1 aromatic heterocycles. The Labute approximate surface area is 264 Å². The molecular formula is C27H44N4O15. The molecule has 46 heavy (non-hydrogen) atoms. The number of methoxy groups -OCH3 is 2. The molecule has 0 aromatic carbocycles. The van der Waals surface area contributed by atoms with Crippen molar-refractivity contribution < 1.29 is 57.1 Å². The highest BCUT2D eigenvalue weighted by Gasteiger charge is 2.18. The number of rotatable bonds is 29. The average molecular weight is 665 g/mol. The SMILES string of the molecule is COCCOCCOCCOC(=O)CCn1c(=O)n(CCC(=O)OCCOCCOCCOC)c(=O)n(CCN(C=O)C=O)c1=O. The van der Waals surface area contributed by atoms with Crippen molar-refractivity contribution in [2.45, 2.75) is 32.5 Å². The highest BCUT2D eigenvalue weighted by atomic mass is 16.6. The number of aromatic nitrogens is 3. The van der Waals surface area contributed by atoms with Gasteiger partial charge in [0.25, 0.3) is 0 Å². The van der Waals surface area contributed by atoms with E-state index in [1.807, 2.05) is 0 Å². The Balaban J connectivity index is 2.77. The molecule has 0 aliphatic heterocycles. The largest absolute Gasteiger partial charge is 0.463 e. The lowest BCUT2D eigenvalue weighted by Gasteiger charge is -2.15. The minimum Gasteiger partial charge on any atom is -0.463 e. The number of hydrogen-bond acceptors (Lipinski definition) is 15. The smallest absolute Gasteiger partial charge is 0.336 e. The molecular weight excluding hydrogens is 620 g/mol. The molecule has 0 bridgehead atoms. The minimum atomic E-state index is -1.07. The first kappa shape index (κ1) is 40.3. The van der Waals surface area contributed by atoms with E-state index in [1.165, 1.54) is 0 Å². The van der Waals surface area contributed by atoms with E-state index in [0.29, 0.717) is 58.2 Å². The highest BCUT2D eigenvalue weighted by molar-refractivity contribution is 5.69. The van der Waals surface area contributed by atoms with Gasteiger partial charge in [-0.1, -0.05) is 0 Å². The van der Waals surface area contributed by atoms with Gasteiger partial charge in [0.2, 0.25) is 12.8 Å². The van der Waals surface area contributed by atoms with Crippen LogP contribution in [0, 0.1) is 0 Å². The summed E-state index contributed by atoms with van der Waals surface area (Å²) in [5, 5.41) is 0. The van der Waals surface area contributed by atoms with Gasteiger partial charge in [-0.3, -0.25) is 24.1 Å². The van der Waals surface area contributed by atoms with Crippen LogP contribution in [0.5, 0.6) is 0 Å². The molecule has 1 heterocycles. The number of carbonyl (C=O) groups excluding carboxylic acids is 4. The van der Waals surface area contributed by atoms with Gasteiger partial charge in [0.15, 0.2) is 0 Å². The Morgan fingerprint density at radius 3 is 1.22 bits per heavy atom. The van der Waals surface area contributed by atoms with Crippen LogP contribution in [-0.2, 0) is 76.7 Å². The van der Waals surface area contributed by atoms with Crippen molar-refractivity contribution in [1.82, 2.24) is 18.6 Å². The summed E-state index contributed by atoms with van der Waals surface area (Å²) in [5.41, 5.74) is -3.21. The molecule has 0 aliphatic carbocycles. The molecule has 0 fully saturated rings. The minimum absolute atomic E-state index is 0.0852. The lowest BCUT2D eigenvalue weighted by atomic mass is 10.4. The summed E-state index contributed by atoms with van der Waals surface area (Å²) < 4.78 is 42.7. The van der Waals surface area contributed by atoms with Crippen LogP contribution in [0.25, 0.3) is 0 Å². The second kappa shape index (κ2) is 25.4. The van der Waals surface area contributed by atoms with Crippen molar-refractivity contribution in [3.63, 3.8) is 0 Å². The molecule has 0 saturated heterocycles. The first-order valence-electron chi connectivity index (χ1n) is 14.5. The first-order chi connectivity index (χ1) is 22.3. The zero-order chi connectivity index (χ0) is 34.0. The van der Waals surface area contributed by atoms with E-state index in [4.69, 9.17) is 37.9 Å².